The molecule has 2 heterocycles. The quantitative estimate of drug-likeness (QED) is 0.874. The molecule has 5 nitrogen and oxygen atoms in total. The first-order valence-corrected chi connectivity index (χ1v) is 6.74. The molecule has 1 aliphatic heterocycles. The predicted molar refractivity (Wildman–Crippen MR) is 71.3 cm³/mol. The molecule has 98 valence electrons. The van der Waals surface area contributed by atoms with Gasteiger partial charge in [-0.05, 0) is 18.8 Å². The van der Waals surface area contributed by atoms with Crippen molar-refractivity contribution in [3.8, 4) is 0 Å². The van der Waals surface area contributed by atoms with E-state index in [1.165, 1.54) is 12.8 Å². The number of hydrogen-bond acceptors (Lipinski definition) is 4. The second kappa shape index (κ2) is 4.55. The zero-order valence-electron chi connectivity index (χ0n) is 10.4. The highest BCUT2D eigenvalue weighted by molar-refractivity contribution is 6.33. The Hall–Kier alpha value is -1.07. The molecule has 0 spiro atoms. The summed E-state index contributed by atoms with van der Waals surface area (Å²) in [5.41, 5.74) is 0.516. The van der Waals surface area contributed by atoms with Gasteiger partial charge in [0.1, 0.15) is 5.69 Å². The lowest BCUT2D eigenvalue weighted by Gasteiger charge is -2.37. The third-order valence-corrected chi connectivity index (χ3v) is 4.04. The van der Waals surface area contributed by atoms with Gasteiger partial charge in [0.15, 0.2) is 0 Å². The summed E-state index contributed by atoms with van der Waals surface area (Å²) in [6, 6.07) is 0.354. The number of anilines is 1. The fourth-order valence-electron chi connectivity index (χ4n) is 2.18. The van der Waals surface area contributed by atoms with Gasteiger partial charge in [0.25, 0.3) is 5.56 Å². The molecule has 1 saturated heterocycles. The molecule has 1 N–H and O–H groups in total. The van der Waals surface area contributed by atoms with Crippen molar-refractivity contribution in [2.24, 2.45) is 5.92 Å². The first-order chi connectivity index (χ1) is 8.66. The van der Waals surface area contributed by atoms with E-state index in [1.807, 2.05) is 11.9 Å². The molecule has 0 atom stereocenters. The minimum Gasteiger partial charge on any atom is -0.363 e. The molecule has 0 aromatic carbocycles. The van der Waals surface area contributed by atoms with Crippen LogP contribution in [0.25, 0.3) is 0 Å². The van der Waals surface area contributed by atoms with Gasteiger partial charge in [-0.15, -0.1) is 0 Å². The minimum absolute atomic E-state index is 0.0659. The predicted octanol–water partition coefficient (Wildman–Crippen LogP) is 0.715. The molecule has 18 heavy (non-hydrogen) atoms. The van der Waals surface area contributed by atoms with Crippen molar-refractivity contribution in [1.82, 2.24) is 15.1 Å². The molecule has 0 bridgehead atoms. The van der Waals surface area contributed by atoms with Crippen LogP contribution in [0.3, 0.4) is 0 Å². The molecular weight excluding hydrogens is 252 g/mol. The normalized spacial score (nSPS) is 19.7. The van der Waals surface area contributed by atoms with Gasteiger partial charge >= 0.3 is 0 Å². The first-order valence-electron chi connectivity index (χ1n) is 6.36. The topological polar surface area (TPSA) is 50.2 Å². The molecule has 0 radical (unpaired) electrons. The molecule has 2 fully saturated rings. The summed E-state index contributed by atoms with van der Waals surface area (Å²) in [4.78, 5) is 14.4. The van der Waals surface area contributed by atoms with Crippen LogP contribution in [0.15, 0.2) is 11.0 Å². The molecular formula is C12H17ClN4O. The lowest BCUT2D eigenvalue weighted by molar-refractivity contribution is 0.425. The lowest BCUT2D eigenvalue weighted by atomic mass is 10.1. The van der Waals surface area contributed by atoms with E-state index in [-0.39, 0.29) is 5.56 Å². The third-order valence-electron chi connectivity index (χ3n) is 3.76. The number of halogens is 1. The van der Waals surface area contributed by atoms with Crippen molar-refractivity contribution in [1.29, 1.82) is 0 Å². The summed E-state index contributed by atoms with van der Waals surface area (Å²) < 4.78 is 1.56. The number of nitrogens with zero attached hydrogens (tertiary/aromatic N) is 3. The molecule has 3 rings (SSSR count). The van der Waals surface area contributed by atoms with Gasteiger partial charge < -0.3 is 10.2 Å². The van der Waals surface area contributed by atoms with Gasteiger partial charge in [-0.25, -0.2) is 4.68 Å². The van der Waals surface area contributed by atoms with E-state index in [0.717, 1.165) is 19.6 Å². The van der Waals surface area contributed by atoms with E-state index in [9.17, 15) is 4.79 Å². The number of likely N-dealkylation sites (N-methyl/N-ethyl adjacent to an activating group) is 1. The minimum atomic E-state index is -0.0659. The van der Waals surface area contributed by atoms with Crippen LogP contribution >= 0.6 is 11.6 Å². The van der Waals surface area contributed by atoms with Crippen molar-refractivity contribution in [2.75, 3.05) is 25.0 Å². The van der Waals surface area contributed by atoms with Gasteiger partial charge in [0.05, 0.1) is 17.3 Å². The zero-order chi connectivity index (χ0) is 12.7. The molecule has 1 aromatic rings. The van der Waals surface area contributed by atoms with Crippen LogP contribution in [-0.4, -0.2) is 36.0 Å². The highest BCUT2D eigenvalue weighted by Crippen LogP contribution is 2.30. The molecule has 1 aliphatic carbocycles. The van der Waals surface area contributed by atoms with Gasteiger partial charge in [0.2, 0.25) is 0 Å². The molecule has 0 unspecified atom stereocenters. The summed E-state index contributed by atoms with van der Waals surface area (Å²) >= 11 is 6.14. The van der Waals surface area contributed by atoms with Gasteiger partial charge in [0, 0.05) is 26.7 Å². The maximum Gasteiger partial charge on any atom is 0.291 e. The SMILES string of the molecule is CN(c1c(Cl)cnn(CC2CC2)c1=O)C1CNC1. The smallest absolute Gasteiger partial charge is 0.291 e. The Balaban J connectivity index is 1.92. The van der Waals surface area contributed by atoms with Crippen LogP contribution in [0.5, 0.6) is 0 Å². The van der Waals surface area contributed by atoms with Crippen LogP contribution in [0.4, 0.5) is 5.69 Å². The molecule has 1 saturated carbocycles. The van der Waals surface area contributed by atoms with Crippen molar-refractivity contribution in [2.45, 2.75) is 25.4 Å². The van der Waals surface area contributed by atoms with E-state index in [4.69, 9.17) is 11.6 Å². The molecule has 0 amide bonds. The largest absolute Gasteiger partial charge is 0.363 e. The van der Waals surface area contributed by atoms with Gasteiger partial charge in [-0.1, -0.05) is 11.6 Å². The van der Waals surface area contributed by atoms with Crippen LogP contribution < -0.4 is 15.8 Å². The third kappa shape index (κ3) is 2.12. The number of rotatable bonds is 4. The van der Waals surface area contributed by atoms with Crippen molar-refractivity contribution in [3.63, 3.8) is 0 Å². The lowest BCUT2D eigenvalue weighted by Crippen LogP contribution is -2.57. The second-order valence-electron chi connectivity index (χ2n) is 5.19. The number of nitrogens with one attached hydrogen (secondary N) is 1. The monoisotopic (exact) mass is 268 g/mol. The van der Waals surface area contributed by atoms with Gasteiger partial charge in [-0.3, -0.25) is 4.79 Å². The van der Waals surface area contributed by atoms with E-state index >= 15 is 0 Å². The van der Waals surface area contributed by atoms with E-state index in [2.05, 4.69) is 10.4 Å². The van der Waals surface area contributed by atoms with E-state index in [0.29, 0.717) is 22.7 Å². The molecule has 6 heteroatoms. The average molecular weight is 269 g/mol. The summed E-state index contributed by atoms with van der Waals surface area (Å²) in [5.74, 6) is 0.625. The van der Waals surface area contributed by atoms with Crippen molar-refractivity contribution >= 4 is 17.3 Å². The second-order valence-corrected chi connectivity index (χ2v) is 5.60. The summed E-state index contributed by atoms with van der Waals surface area (Å²) in [6.45, 7) is 2.52. The fraction of sp³-hybridized carbons (Fsp3) is 0.667. The van der Waals surface area contributed by atoms with Crippen molar-refractivity contribution < 1.29 is 0 Å². The van der Waals surface area contributed by atoms with Gasteiger partial charge in [-0.2, -0.15) is 5.10 Å². The Bertz CT molecular complexity index is 507. The van der Waals surface area contributed by atoms with Crippen molar-refractivity contribution in [3.05, 3.63) is 21.6 Å². The van der Waals surface area contributed by atoms with E-state index in [1.54, 1.807) is 10.9 Å². The fourth-order valence-corrected chi connectivity index (χ4v) is 2.44. The standard InChI is InChI=1S/C12H17ClN4O/c1-16(9-4-14-5-9)11-10(13)6-15-17(12(11)18)7-8-2-3-8/h6,8-9,14H,2-5,7H2,1H3. The Morgan fingerprint density at radius 1 is 1.56 bits per heavy atom. The number of hydrogen-bond donors (Lipinski definition) is 1. The van der Waals surface area contributed by atoms with Crippen LogP contribution in [0, 0.1) is 5.92 Å². The maximum atomic E-state index is 12.4. The Morgan fingerprint density at radius 2 is 2.28 bits per heavy atom. The highest BCUT2D eigenvalue weighted by atomic mass is 35.5. The van der Waals surface area contributed by atoms with Crippen LogP contribution in [-0.2, 0) is 6.54 Å². The molecule has 1 aromatic heterocycles. The van der Waals surface area contributed by atoms with Crippen LogP contribution in [0.2, 0.25) is 5.02 Å². The summed E-state index contributed by atoms with van der Waals surface area (Å²) in [5, 5.41) is 7.78. The highest BCUT2D eigenvalue weighted by Gasteiger charge is 2.28. The summed E-state index contributed by atoms with van der Waals surface area (Å²) in [7, 11) is 1.93. The average Bonchev–Trinajstić information content (AvgIpc) is 3.04. The Labute approximate surface area is 111 Å². The molecule has 2 aliphatic rings. The Morgan fingerprint density at radius 3 is 2.83 bits per heavy atom. The first kappa shape index (κ1) is 12.0. The van der Waals surface area contributed by atoms with Crippen LogP contribution in [0.1, 0.15) is 12.8 Å². The Kier molecular flexibility index (Phi) is 3.03. The zero-order valence-corrected chi connectivity index (χ0v) is 11.2. The summed E-state index contributed by atoms with van der Waals surface area (Å²) in [6.07, 6.45) is 3.99. The maximum absolute atomic E-state index is 12.4. The van der Waals surface area contributed by atoms with E-state index < -0.39 is 0 Å². The number of aromatic nitrogens is 2.